The quantitative estimate of drug-likeness (QED) is 0.334. The number of halogens is 2. The Kier molecular flexibility index (Phi) is 5.99. The SMILES string of the molecule is N=c1c2cnc(Nc3ccc(N4CCC[C@@H]4CO)cc3)nc2[nH]c(=O)n1-c1c(Cl)cccc1Cl. The molecule has 1 atom stereocenters. The summed E-state index contributed by atoms with van der Waals surface area (Å²) in [5, 5.41) is 22.1. The molecule has 0 bridgehead atoms. The highest BCUT2D eigenvalue weighted by molar-refractivity contribution is 6.37. The van der Waals surface area contributed by atoms with Gasteiger partial charge in [0.15, 0.2) is 5.65 Å². The second kappa shape index (κ2) is 9.09. The van der Waals surface area contributed by atoms with Crippen LogP contribution < -0.4 is 21.4 Å². The first-order valence-electron chi connectivity index (χ1n) is 10.7. The standard InChI is InChI=1S/C23H21Cl2N7O2/c24-17-4-1-5-18(25)19(17)32-20(26)16-11-27-22(29-21(16)30-23(32)34)28-13-6-8-14(9-7-13)31-10-2-3-15(31)12-33/h1,4-9,11,15,26,33H,2-3,10,12H2,(H2,27,28,29,30,34)/t15-/m1/s1. The Balaban J connectivity index is 1.45. The van der Waals surface area contributed by atoms with Crippen molar-refractivity contribution >= 4 is 51.6 Å². The van der Waals surface area contributed by atoms with E-state index < -0.39 is 5.69 Å². The Morgan fingerprint density at radius 3 is 2.62 bits per heavy atom. The van der Waals surface area contributed by atoms with Crippen LogP contribution in [0.4, 0.5) is 17.3 Å². The first-order valence-corrected chi connectivity index (χ1v) is 11.5. The van der Waals surface area contributed by atoms with Crippen molar-refractivity contribution in [1.82, 2.24) is 19.5 Å². The number of anilines is 3. The van der Waals surface area contributed by atoms with Crippen molar-refractivity contribution in [2.24, 2.45) is 0 Å². The highest BCUT2D eigenvalue weighted by atomic mass is 35.5. The summed E-state index contributed by atoms with van der Waals surface area (Å²) >= 11 is 12.5. The van der Waals surface area contributed by atoms with E-state index in [2.05, 4.69) is 25.2 Å². The number of fused-ring (bicyclic) bond motifs is 1. The Morgan fingerprint density at radius 1 is 1.18 bits per heavy atom. The first kappa shape index (κ1) is 22.4. The number of aromatic nitrogens is 4. The molecule has 0 saturated carbocycles. The minimum absolute atomic E-state index is 0.131. The van der Waals surface area contributed by atoms with E-state index in [4.69, 9.17) is 28.6 Å². The molecule has 0 unspecified atom stereocenters. The normalized spacial score (nSPS) is 15.7. The molecule has 4 N–H and O–H groups in total. The predicted molar refractivity (Wildman–Crippen MR) is 133 cm³/mol. The lowest BCUT2D eigenvalue weighted by Gasteiger charge is -2.25. The molecular formula is C23H21Cl2N7O2. The molecule has 4 aromatic rings. The van der Waals surface area contributed by atoms with Crippen LogP contribution in [0.25, 0.3) is 16.7 Å². The summed E-state index contributed by atoms with van der Waals surface area (Å²) in [7, 11) is 0. The van der Waals surface area contributed by atoms with Gasteiger partial charge in [0.05, 0.1) is 33.8 Å². The van der Waals surface area contributed by atoms with Gasteiger partial charge in [0.2, 0.25) is 5.95 Å². The van der Waals surface area contributed by atoms with Crippen LogP contribution in [0.5, 0.6) is 0 Å². The average molecular weight is 498 g/mol. The Morgan fingerprint density at radius 2 is 1.91 bits per heavy atom. The molecule has 9 nitrogen and oxygen atoms in total. The van der Waals surface area contributed by atoms with Crippen LogP contribution in [0.15, 0.2) is 53.5 Å². The summed E-state index contributed by atoms with van der Waals surface area (Å²) < 4.78 is 1.10. The van der Waals surface area contributed by atoms with E-state index in [0.29, 0.717) is 5.39 Å². The van der Waals surface area contributed by atoms with Crippen LogP contribution in [-0.2, 0) is 0 Å². The summed E-state index contributed by atoms with van der Waals surface area (Å²) in [6, 6.07) is 12.8. The van der Waals surface area contributed by atoms with E-state index in [0.717, 1.165) is 35.3 Å². The van der Waals surface area contributed by atoms with Crippen LogP contribution >= 0.6 is 23.2 Å². The lowest BCUT2D eigenvalue weighted by molar-refractivity contribution is 0.266. The monoisotopic (exact) mass is 497 g/mol. The molecule has 1 aliphatic rings. The molecule has 0 aliphatic carbocycles. The van der Waals surface area contributed by atoms with Crippen LogP contribution in [0, 0.1) is 5.41 Å². The molecule has 174 valence electrons. The maximum absolute atomic E-state index is 12.8. The molecule has 0 radical (unpaired) electrons. The van der Waals surface area contributed by atoms with Gasteiger partial charge >= 0.3 is 5.69 Å². The second-order valence-electron chi connectivity index (χ2n) is 7.98. The van der Waals surface area contributed by atoms with Crippen molar-refractivity contribution < 1.29 is 5.11 Å². The minimum Gasteiger partial charge on any atom is -0.394 e. The fourth-order valence-electron chi connectivity index (χ4n) is 4.24. The summed E-state index contributed by atoms with van der Waals surface area (Å²) in [5.41, 5.74) is 1.53. The summed E-state index contributed by atoms with van der Waals surface area (Å²) in [4.78, 5) is 26.4. The predicted octanol–water partition coefficient (Wildman–Crippen LogP) is 3.60. The highest BCUT2D eigenvalue weighted by Crippen LogP contribution is 2.28. The topological polar surface area (TPSA) is 123 Å². The Bertz CT molecular complexity index is 1460. The number of nitrogens with one attached hydrogen (secondary N) is 3. The van der Waals surface area contributed by atoms with E-state index in [1.54, 1.807) is 18.2 Å². The second-order valence-corrected chi connectivity index (χ2v) is 8.80. The zero-order valence-electron chi connectivity index (χ0n) is 17.9. The van der Waals surface area contributed by atoms with Crippen LogP contribution in [0.1, 0.15) is 12.8 Å². The maximum Gasteiger partial charge on any atom is 0.333 e. The van der Waals surface area contributed by atoms with Gasteiger partial charge in [0, 0.05) is 24.1 Å². The molecule has 0 amide bonds. The maximum atomic E-state index is 12.8. The fraction of sp³-hybridized carbons (Fsp3) is 0.217. The molecule has 11 heteroatoms. The number of aromatic amines is 1. The molecule has 5 rings (SSSR count). The number of benzene rings is 2. The third kappa shape index (κ3) is 4.02. The molecule has 34 heavy (non-hydrogen) atoms. The van der Waals surface area contributed by atoms with Gasteiger partial charge < -0.3 is 15.3 Å². The van der Waals surface area contributed by atoms with Crippen LogP contribution in [0.2, 0.25) is 10.0 Å². The number of hydrogen-bond acceptors (Lipinski definition) is 7. The third-order valence-electron chi connectivity index (χ3n) is 5.90. The van der Waals surface area contributed by atoms with Crippen molar-refractivity contribution in [2.75, 3.05) is 23.4 Å². The first-order chi connectivity index (χ1) is 16.5. The van der Waals surface area contributed by atoms with Gasteiger partial charge in [-0.05, 0) is 49.2 Å². The van der Waals surface area contributed by atoms with E-state index in [9.17, 15) is 9.90 Å². The average Bonchev–Trinajstić information content (AvgIpc) is 3.30. The number of aliphatic hydroxyl groups is 1. The number of aliphatic hydroxyl groups excluding tert-OH is 1. The molecule has 1 aliphatic heterocycles. The van der Waals surface area contributed by atoms with Gasteiger partial charge in [-0.2, -0.15) is 4.98 Å². The minimum atomic E-state index is -0.592. The smallest absolute Gasteiger partial charge is 0.333 e. The molecule has 2 aromatic carbocycles. The zero-order valence-corrected chi connectivity index (χ0v) is 19.4. The summed E-state index contributed by atoms with van der Waals surface area (Å²) in [6.45, 7) is 1.07. The van der Waals surface area contributed by atoms with E-state index >= 15 is 0 Å². The van der Waals surface area contributed by atoms with Gasteiger partial charge in [0.1, 0.15) is 5.49 Å². The van der Waals surface area contributed by atoms with Gasteiger partial charge in [-0.1, -0.05) is 29.3 Å². The van der Waals surface area contributed by atoms with Crippen molar-refractivity contribution in [3.05, 3.63) is 74.7 Å². The van der Waals surface area contributed by atoms with Crippen molar-refractivity contribution in [1.29, 1.82) is 5.41 Å². The van der Waals surface area contributed by atoms with Gasteiger partial charge in [0.25, 0.3) is 0 Å². The van der Waals surface area contributed by atoms with E-state index in [-0.39, 0.29) is 45.5 Å². The lowest BCUT2D eigenvalue weighted by Crippen LogP contribution is -2.34. The lowest BCUT2D eigenvalue weighted by atomic mass is 10.2. The van der Waals surface area contributed by atoms with Crippen molar-refractivity contribution in [3.8, 4) is 5.69 Å². The Labute approximate surface area is 204 Å². The van der Waals surface area contributed by atoms with Crippen LogP contribution in [0.3, 0.4) is 0 Å². The van der Waals surface area contributed by atoms with Crippen molar-refractivity contribution in [2.45, 2.75) is 18.9 Å². The molecule has 0 spiro atoms. The number of nitrogens with zero attached hydrogens (tertiary/aromatic N) is 4. The van der Waals surface area contributed by atoms with E-state index in [1.807, 2.05) is 24.3 Å². The molecule has 1 saturated heterocycles. The highest BCUT2D eigenvalue weighted by Gasteiger charge is 2.23. The number of H-pyrrole nitrogens is 1. The van der Waals surface area contributed by atoms with Gasteiger partial charge in [-0.3, -0.25) is 10.4 Å². The van der Waals surface area contributed by atoms with Crippen molar-refractivity contribution in [3.63, 3.8) is 0 Å². The number of para-hydroxylation sites is 1. The third-order valence-corrected chi connectivity index (χ3v) is 6.51. The van der Waals surface area contributed by atoms with Gasteiger partial charge in [-0.25, -0.2) is 14.3 Å². The van der Waals surface area contributed by atoms with Crippen LogP contribution in [-0.4, -0.2) is 43.8 Å². The van der Waals surface area contributed by atoms with E-state index in [1.165, 1.54) is 6.20 Å². The molecule has 3 heterocycles. The fourth-order valence-corrected chi connectivity index (χ4v) is 4.80. The molecule has 1 fully saturated rings. The molecular weight excluding hydrogens is 477 g/mol. The largest absolute Gasteiger partial charge is 0.394 e. The number of rotatable bonds is 5. The Hall–Kier alpha value is -3.40. The number of hydrogen-bond donors (Lipinski definition) is 4. The summed E-state index contributed by atoms with van der Waals surface area (Å²) in [5.74, 6) is 0.276. The van der Waals surface area contributed by atoms with Gasteiger partial charge in [-0.15, -0.1) is 0 Å². The molecule has 2 aromatic heterocycles. The summed E-state index contributed by atoms with van der Waals surface area (Å²) in [6.07, 6.45) is 3.52. The zero-order chi connectivity index (χ0) is 23.8.